The molecule has 34 heavy (non-hydrogen) atoms. The molecule has 0 aliphatic heterocycles. The number of carbonyl (C=O) groups excluding carboxylic acids is 2. The zero-order valence-electron chi connectivity index (χ0n) is 21.7. The molecule has 0 saturated heterocycles. The second-order valence-corrected chi connectivity index (χ2v) is 9.84. The van der Waals surface area contributed by atoms with Gasteiger partial charge in [-0.25, -0.2) is 0 Å². The van der Waals surface area contributed by atoms with Crippen LogP contribution in [0.1, 0.15) is 102 Å². The van der Waals surface area contributed by atoms with Crippen molar-refractivity contribution in [1.82, 2.24) is 0 Å². The van der Waals surface area contributed by atoms with Crippen LogP contribution in [0.3, 0.4) is 0 Å². The van der Waals surface area contributed by atoms with Gasteiger partial charge in [0.05, 0.1) is 7.11 Å². The first-order valence-electron chi connectivity index (χ1n) is 12.7. The number of methoxy groups -OCH3 is 1. The number of hydrogen-bond donors (Lipinski definition) is 0. The molecule has 0 aliphatic rings. The average Bonchev–Trinajstić information content (AvgIpc) is 2.80. The number of rotatable bonds is 15. The Kier molecular flexibility index (Phi) is 11.3. The minimum Gasteiger partial charge on any atom is -0.496 e. The molecule has 0 atom stereocenters. The maximum Gasteiger partial charge on any atom is 0.311 e. The molecule has 0 heterocycles. The Bertz CT molecular complexity index is 912. The van der Waals surface area contributed by atoms with E-state index in [1.807, 2.05) is 30.3 Å². The summed E-state index contributed by atoms with van der Waals surface area (Å²) in [5, 5.41) is 0. The largest absolute Gasteiger partial charge is 0.496 e. The third kappa shape index (κ3) is 8.96. The van der Waals surface area contributed by atoms with Crippen LogP contribution in [0, 0.1) is 6.92 Å². The summed E-state index contributed by atoms with van der Waals surface area (Å²) in [6.45, 7) is 8.11. The Hall–Kier alpha value is -2.62. The molecule has 0 spiro atoms. The first-order valence-corrected chi connectivity index (χ1v) is 12.7. The van der Waals surface area contributed by atoms with Gasteiger partial charge in [-0.1, -0.05) is 76.6 Å². The Morgan fingerprint density at radius 2 is 1.29 bits per heavy atom. The summed E-state index contributed by atoms with van der Waals surface area (Å²) in [5.74, 6) is 1.61. The quantitative estimate of drug-likeness (QED) is 0.153. The fourth-order valence-corrected chi connectivity index (χ4v) is 4.26. The smallest absolute Gasteiger partial charge is 0.311 e. The topological polar surface area (TPSA) is 52.6 Å². The fraction of sp³-hybridized carbons (Fsp3) is 0.533. The highest BCUT2D eigenvalue weighted by Crippen LogP contribution is 2.34. The van der Waals surface area contributed by atoms with Crippen molar-refractivity contribution in [1.29, 1.82) is 0 Å². The van der Waals surface area contributed by atoms with Gasteiger partial charge in [-0.3, -0.25) is 4.79 Å². The molecule has 0 amide bonds. The second-order valence-electron chi connectivity index (χ2n) is 9.84. The van der Waals surface area contributed by atoms with Gasteiger partial charge in [-0.2, -0.15) is 0 Å². The van der Waals surface area contributed by atoms with E-state index in [1.54, 1.807) is 14.0 Å². The van der Waals surface area contributed by atoms with Gasteiger partial charge in [-0.15, -0.1) is 0 Å². The summed E-state index contributed by atoms with van der Waals surface area (Å²) in [6, 6.07) is 14.1. The van der Waals surface area contributed by atoms with E-state index in [4.69, 9.17) is 9.47 Å². The minimum atomic E-state index is -0.174. The van der Waals surface area contributed by atoms with E-state index in [1.165, 1.54) is 24.8 Å². The summed E-state index contributed by atoms with van der Waals surface area (Å²) < 4.78 is 10.9. The number of esters is 1. The maximum atomic E-state index is 12.2. The minimum absolute atomic E-state index is 0.165. The van der Waals surface area contributed by atoms with E-state index >= 15 is 0 Å². The molecule has 2 aromatic rings. The van der Waals surface area contributed by atoms with E-state index in [-0.39, 0.29) is 17.2 Å². The number of carbonyl (C=O) groups is 2. The lowest BCUT2D eigenvalue weighted by Gasteiger charge is -2.27. The summed E-state index contributed by atoms with van der Waals surface area (Å²) in [5.41, 5.74) is 3.32. The predicted octanol–water partition coefficient (Wildman–Crippen LogP) is 7.72. The summed E-state index contributed by atoms with van der Waals surface area (Å²) in [7, 11) is 1.69. The average molecular weight is 467 g/mol. The van der Waals surface area contributed by atoms with Crippen LogP contribution in [0.2, 0.25) is 0 Å². The van der Waals surface area contributed by atoms with Gasteiger partial charge < -0.3 is 14.3 Å². The van der Waals surface area contributed by atoms with Crippen LogP contribution in [0.25, 0.3) is 0 Å². The molecule has 0 saturated carbocycles. The van der Waals surface area contributed by atoms with Gasteiger partial charge in [0.15, 0.2) is 0 Å². The van der Waals surface area contributed by atoms with Gasteiger partial charge in [0, 0.05) is 18.3 Å². The molecule has 2 aromatic carbocycles. The van der Waals surface area contributed by atoms with Gasteiger partial charge in [0.25, 0.3) is 0 Å². The Morgan fingerprint density at radius 3 is 1.82 bits per heavy atom. The first-order chi connectivity index (χ1) is 16.2. The van der Waals surface area contributed by atoms with Crippen molar-refractivity contribution in [3.05, 3.63) is 59.2 Å². The van der Waals surface area contributed by atoms with E-state index in [0.717, 1.165) is 49.0 Å². The van der Waals surface area contributed by atoms with Crippen molar-refractivity contribution >= 4 is 11.8 Å². The predicted molar refractivity (Wildman–Crippen MR) is 139 cm³/mol. The van der Waals surface area contributed by atoms with Crippen LogP contribution < -0.4 is 9.47 Å². The molecule has 0 unspecified atom stereocenters. The van der Waals surface area contributed by atoms with Gasteiger partial charge in [-0.05, 0) is 61.6 Å². The molecule has 0 aromatic heterocycles. The van der Waals surface area contributed by atoms with Crippen molar-refractivity contribution in [2.75, 3.05) is 7.11 Å². The van der Waals surface area contributed by atoms with E-state index in [2.05, 4.69) is 32.9 Å². The highest BCUT2D eigenvalue weighted by molar-refractivity contribution is 5.75. The Balaban J connectivity index is 1.71. The molecule has 0 radical (unpaired) electrons. The molecule has 2 rings (SSSR count). The van der Waals surface area contributed by atoms with Crippen molar-refractivity contribution in [3.63, 3.8) is 0 Å². The van der Waals surface area contributed by atoms with Crippen LogP contribution in [0.4, 0.5) is 0 Å². The molecule has 0 N–H and O–H groups in total. The lowest BCUT2D eigenvalue weighted by atomic mass is 9.77. The third-order valence-corrected chi connectivity index (χ3v) is 6.58. The molecular formula is C30H42O4. The van der Waals surface area contributed by atoms with Crippen LogP contribution in [0.5, 0.6) is 11.5 Å². The van der Waals surface area contributed by atoms with Gasteiger partial charge in [0.2, 0.25) is 0 Å². The standard InChI is InChI=1S/C30H42O4/c1-23-22-26(18-21-28(23)33-5)30(3,4)25-16-19-27(20-17-25)34-29(32)15-13-11-9-7-6-8-10-12-14-24(2)31/h16-22H,6-15H2,1-5H3. The zero-order valence-corrected chi connectivity index (χ0v) is 21.7. The number of unbranched alkanes of at least 4 members (excludes halogenated alkanes) is 7. The van der Waals surface area contributed by atoms with Crippen molar-refractivity contribution < 1.29 is 19.1 Å². The fourth-order valence-electron chi connectivity index (χ4n) is 4.26. The van der Waals surface area contributed by atoms with Crippen LogP contribution in [-0.2, 0) is 15.0 Å². The highest BCUT2D eigenvalue weighted by Gasteiger charge is 2.24. The SMILES string of the molecule is COc1ccc(C(C)(C)c2ccc(OC(=O)CCCCCCCCCCC(C)=O)cc2)cc1C. The number of hydrogen-bond acceptors (Lipinski definition) is 4. The Morgan fingerprint density at radius 1 is 0.765 bits per heavy atom. The van der Waals surface area contributed by atoms with Crippen molar-refractivity contribution in [3.8, 4) is 11.5 Å². The highest BCUT2D eigenvalue weighted by atomic mass is 16.5. The molecule has 0 fully saturated rings. The normalized spacial score (nSPS) is 11.3. The second kappa shape index (κ2) is 13.9. The molecule has 0 aliphatic carbocycles. The van der Waals surface area contributed by atoms with Crippen LogP contribution >= 0.6 is 0 Å². The summed E-state index contributed by atoms with van der Waals surface area (Å²) in [6.07, 6.45) is 9.99. The number of ketones is 1. The zero-order chi connectivity index (χ0) is 25.0. The van der Waals surface area contributed by atoms with E-state index in [9.17, 15) is 9.59 Å². The monoisotopic (exact) mass is 466 g/mol. The number of benzene rings is 2. The molecular weight excluding hydrogens is 424 g/mol. The van der Waals surface area contributed by atoms with E-state index < -0.39 is 0 Å². The number of Topliss-reactive ketones (excluding diaryl/α,β-unsaturated/α-hetero) is 1. The molecule has 4 heteroatoms. The van der Waals surface area contributed by atoms with Gasteiger partial charge in [0.1, 0.15) is 17.3 Å². The van der Waals surface area contributed by atoms with Crippen LogP contribution in [0.15, 0.2) is 42.5 Å². The van der Waals surface area contributed by atoms with Gasteiger partial charge >= 0.3 is 5.97 Å². The number of ether oxygens (including phenoxy) is 2. The lowest BCUT2D eigenvalue weighted by Crippen LogP contribution is -2.19. The molecule has 0 bridgehead atoms. The Labute approximate surface area is 206 Å². The van der Waals surface area contributed by atoms with E-state index in [0.29, 0.717) is 18.6 Å². The molecule has 186 valence electrons. The summed E-state index contributed by atoms with van der Waals surface area (Å²) in [4.78, 5) is 23.1. The maximum absolute atomic E-state index is 12.2. The first kappa shape index (κ1) is 27.6. The third-order valence-electron chi connectivity index (χ3n) is 6.58. The van der Waals surface area contributed by atoms with Crippen molar-refractivity contribution in [2.24, 2.45) is 0 Å². The van der Waals surface area contributed by atoms with Crippen LogP contribution in [-0.4, -0.2) is 18.9 Å². The number of aryl methyl sites for hydroxylation is 1. The lowest BCUT2D eigenvalue weighted by molar-refractivity contribution is -0.134. The summed E-state index contributed by atoms with van der Waals surface area (Å²) >= 11 is 0. The van der Waals surface area contributed by atoms with Crippen molar-refractivity contribution in [2.45, 2.75) is 97.3 Å². The molecule has 4 nitrogen and oxygen atoms in total.